The molecule has 0 aromatic rings. The van der Waals surface area contributed by atoms with E-state index in [2.05, 4.69) is 10.2 Å². The second-order valence-electron chi connectivity index (χ2n) is 3.60. The van der Waals surface area contributed by atoms with Gasteiger partial charge in [-0.2, -0.15) is 5.26 Å². The van der Waals surface area contributed by atoms with Crippen molar-refractivity contribution < 1.29 is 9.53 Å². The average Bonchev–Trinajstić information content (AvgIpc) is 2.29. The van der Waals surface area contributed by atoms with Crippen molar-refractivity contribution in [1.29, 1.82) is 5.26 Å². The predicted molar refractivity (Wildman–Crippen MR) is 55.0 cm³/mol. The average molecular weight is 211 g/mol. The van der Waals surface area contributed by atoms with Crippen LogP contribution in [0.2, 0.25) is 0 Å². The molecule has 1 saturated heterocycles. The Bertz CT molecular complexity index is 244. The van der Waals surface area contributed by atoms with E-state index in [0.717, 1.165) is 32.8 Å². The number of carbonyl (C=O) groups is 1. The molecule has 5 heteroatoms. The SMILES string of the molecule is C[C@@H](C#N)C(=O)NCCN1CCOCC1. The molecule has 1 rings (SSSR count). The van der Waals surface area contributed by atoms with Gasteiger partial charge in [0.25, 0.3) is 0 Å². The van der Waals surface area contributed by atoms with E-state index in [4.69, 9.17) is 10.00 Å². The van der Waals surface area contributed by atoms with E-state index < -0.39 is 5.92 Å². The van der Waals surface area contributed by atoms with Crippen LogP contribution in [0.4, 0.5) is 0 Å². The van der Waals surface area contributed by atoms with Crippen LogP contribution >= 0.6 is 0 Å². The Morgan fingerprint density at radius 1 is 1.60 bits per heavy atom. The van der Waals surface area contributed by atoms with Crippen LogP contribution in [0.15, 0.2) is 0 Å². The zero-order chi connectivity index (χ0) is 11.1. The van der Waals surface area contributed by atoms with Gasteiger partial charge in [0, 0.05) is 26.2 Å². The maximum absolute atomic E-state index is 11.2. The summed E-state index contributed by atoms with van der Waals surface area (Å²) in [6.07, 6.45) is 0. The fourth-order valence-electron chi connectivity index (χ4n) is 1.37. The molecule has 0 bridgehead atoms. The van der Waals surface area contributed by atoms with E-state index in [9.17, 15) is 4.79 Å². The quantitative estimate of drug-likeness (QED) is 0.687. The summed E-state index contributed by atoms with van der Waals surface area (Å²) in [7, 11) is 0. The van der Waals surface area contributed by atoms with E-state index in [0.29, 0.717) is 6.54 Å². The van der Waals surface area contributed by atoms with Gasteiger partial charge in [-0.1, -0.05) is 0 Å². The van der Waals surface area contributed by atoms with Crippen LogP contribution in [0.25, 0.3) is 0 Å². The molecule has 1 aliphatic rings. The molecule has 84 valence electrons. The van der Waals surface area contributed by atoms with Gasteiger partial charge >= 0.3 is 0 Å². The minimum atomic E-state index is -0.560. The van der Waals surface area contributed by atoms with Gasteiger partial charge in [-0.25, -0.2) is 0 Å². The van der Waals surface area contributed by atoms with Gasteiger partial charge in [0.15, 0.2) is 0 Å². The zero-order valence-corrected chi connectivity index (χ0v) is 9.03. The Kier molecular flexibility index (Phi) is 5.08. The molecule has 0 radical (unpaired) electrons. The van der Waals surface area contributed by atoms with Gasteiger partial charge in [-0.15, -0.1) is 0 Å². The van der Waals surface area contributed by atoms with Crippen molar-refractivity contribution in [3.05, 3.63) is 0 Å². The summed E-state index contributed by atoms with van der Waals surface area (Å²) in [6.45, 7) is 6.40. The second-order valence-corrected chi connectivity index (χ2v) is 3.60. The molecule has 0 aromatic heterocycles. The normalized spacial score (nSPS) is 19.2. The van der Waals surface area contributed by atoms with Crippen molar-refractivity contribution in [2.45, 2.75) is 6.92 Å². The second kappa shape index (κ2) is 6.38. The van der Waals surface area contributed by atoms with Crippen molar-refractivity contribution in [2.75, 3.05) is 39.4 Å². The molecule has 1 heterocycles. The lowest BCUT2D eigenvalue weighted by Crippen LogP contribution is -2.42. The number of nitrogens with one attached hydrogen (secondary N) is 1. The number of rotatable bonds is 4. The number of carbonyl (C=O) groups excluding carboxylic acids is 1. The van der Waals surface area contributed by atoms with Gasteiger partial charge in [-0.3, -0.25) is 9.69 Å². The highest BCUT2D eigenvalue weighted by atomic mass is 16.5. The third-order valence-electron chi connectivity index (χ3n) is 2.42. The first-order valence-electron chi connectivity index (χ1n) is 5.21. The fraction of sp³-hybridized carbons (Fsp3) is 0.800. The highest BCUT2D eigenvalue weighted by Gasteiger charge is 2.12. The standard InChI is InChI=1S/C10H17N3O2/c1-9(8-11)10(14)12-2-3-13-4-6-15-7-5-13/h9H,2-7H2,1H3,(H,12,14)/t9-/m0/s1. The van der Waals surface area contributed by atoms with Crippen LogP contribution in [0.5, 0.6) is 0 Å². The van der Waals surface area contributed by atoms with E-state index in [-0.39, 0.29) is 5.91 Å². The molecule has 1 fully saturated rings. The molecule has 15 heavy (non-hydrogen) atoms. The Morgan fingerprint density at radius 2 is 2.27 bits per heavy atom. The van der Waals surface area contributed by atoms with Gasteiger partial charge in [-0.05, 0) is 6.92 Å². The first kappa shape index (κ1) is 12.0. The molecule has 0 spiro atoms. The summed E-state index contributed by atoms with van der Waals surface area (Å²) in [5.74, 6) is -0.750. The van der Waals surface area contributed by atoms with Crippen LogP contribution in [0.1, 0.15) is 6.92 Å². The van der Waals surface area contributed by atoms with Crippen LogP contribution in [0.3, 0.4) is 0 Å². The van der Waals surface area contributed by atoms with Crippen molar-refractivity contribution >= 4 is 5.91 Å². The van der Waals surface area contributed by atoms with E-state index in [1.54, 1.807) is 6.92 Å². The first-order chi connectivity index (χ1) is 7.24. The summed E-state index contributed by atoms with van der Waals surface area (Å²) >= 11 is 0. The molecule has 0 aliphatic carbocycles. The van der Waals surface area contributed by atoms with Crippen molar-refractivity contribution in [3.8, 4) is 6.07 Å². The van der Waals surface area contributed by atoms with Crippen molar-refractivity contribution in [3.63, 3.8) is 0 Å². The minimum Gasteiger partial charge on any atom is -0.379 e. The molecule has 1 atom stereocenters. The largest absolute Gasteiger partial charge is 0.379 e. The lowest BCUT2D eigenvalue weighted by molar-refractivity contribution is -0.123. The van der Waals surface area contributed by atoms with Crippen molar-refractivity contribution in [2.24, 2.45) is 5.92 Å². The van der Waals surface area contributed by atoms with E-state index >= 15 is 0 Å². The third kappa shape index (κ3) is 4.28. The molecule has 1 aliphatic heterocycles. The molecule has 0 unspecified atom stereocenters. The Morgan fingerprint density at radius 3 is 2.87 bits per heavy atom. The zero-order valence-electron chi connectivity index (χ0n) is 9.03. The number of ether oxygens (including phenoxy) is 1. The Balaban J connectivity index is 2.10. The van der Waals surface area contributed by atoms with Crippen LogP contribution in [-0.2, 0) is 9.53 Å². The highest BCUT2D eigenvalue weighted by Crippen LogP contribution is 1.95. The number of hydrogen-bond donors (Lipinski definition) is 1. The van der Waals surface area contributed by atoms with Crippen molar-refractivity contribution in [1.82, 2.24) is 10.2 Å². The molecule has 0 saturated carbocycles. The topological polar surface area (TPSA) is 65.4 Å². The van der Waals surface area contributed by atoms with Gasteiger partial charge in [0.05, 0.1) is 19.3 Å². The number of morpholine rings is 1. The number of hydrogen-bond acceptors (Lipinski definition) is 4. The van der Waals surface area contributed by atoms with E-state index in [1.807, 2.05) is 6.07 Å². The number of nitriles is 1. The maximum Gasteiger partial charge on any atom is 0.237 e. The maximum atomic E-state index is 11.2. The minimum absolute atomic E-state index is 0.189. The Hall–Kier alpha value is -1.12. The van der Waals surface area contributed by atoms with Gasteiger partial charge < -0.3 is 10.1 Å². The molecular weight excluding hydrogens is 194 g/mol. The Labute approximate surface area is 90.0 Å². The molecule has 1 N–H and O–H groups in total. The van der Waals surface area contributed by atoms with E-state index in [1.165, 1.54) is 0 Å². The molecule has 1 amide bonds. The summed E-state index contributed by atoms with van der Waals surface area (Å²) in [5, 5.41) is 11.3. The van der Waals surface area contributed by atoms with Crippen LogP contribution in [-0.4, -0.2) is 50.2 Å². The number of amides is 1. The lowest BCUT2D eigenvalue weighted by atomic mass is 10.2. The molecule has 5 nitrogen and oxygen atoms in total. The number of nitrogens with zero attached hydrogens (tertiary/aromatic N) is 2. The first-order valence-corrected chi connectivity index (χ1v) is 5.21. The fourth-order valence-corrected chi connectivity index (χ4v) is 1.37. The monoisotopic (exact) mass is 211 g/mol. The summed E-state index contributed by atoms with van der Waals surface area (Å²) in [4.78, 5) is 13.5. The van der Waals surface area contributed by atoms with Crippen LogP contribution < -0.4 is 5.32 Å². The lowest BCUT2D eigenvalue weighted by Gasteiger charge is -2.26. The van der Waals surface area contributed by atoms with Gasteiger partial charge in [0.1, 0.15) is 5.92 Å². The highest BCUT2D eigenvalue weighted by molar-refractivity contribution is 5.80. The summed E-state index contributed by atoms with van der Waals surface area (Å²) in [6, 6.07) is 1.91. The van der Waals surface area contributed by atoms with Crippen LogP contribution in [0, 0.1) is 17.2 Å². The summed E-state index contributed by atoms with van der Waals surface area (Å²) in [5.41, 5.74) is 0. The summed E-state index contributed by atoms with van der Waals surface area (Å²) < 4.78 is 5.21. The predicted octanol–water partition coefficient (Wildman–Crippen LogP) is -0.406. The molecule has 0 aromatic carbocycles. The smallest absolute Gasteiger partial charge is 0.237 e. The van der Waals surface area contributed by atoms with Gasteiger partial charge in [0.2, 0.25) is 5.91 Å². The molecular formula is C10H17N3O2. The third-order valence-corrected chi connectivity index (χ3v) is 2.42.